The predicted octanol–water partition coefficient (Wildman–Crippen LogP) is 4.35. The molecule has 0 bridgehead atoms. The van der Waals surface area contributed by atoms with Gasteiger partial charge in [0.15, 0.2) is 15.0 Å². The second kappa shape index (κ2) is 6.93. The normalized spacial score (nSPS) is 13.2. The third-order valence-electron chi connectivity index (χ3n) is 5.30. The molecule has 7 heteroatoms. The van der Waals surface area contributed by atoms with E-state index in [4.69, 9.17) is 0 Å². The van der Waals surface area contributed by atoms with E-state index in [0.717, 1.165) is 28.4 Å². The van der Waals surface area contributed by atoms with Crippen molar-refractivity contribution in [1.29, 1.82) is 0 Å². The molecule has 1 heterocycles. The highest BCUT2D eigenvalue weighted by molar-refractivity contribution is 7.91. The number of amides is 1. The summed E-state index contributed by atoms with van der Waals surface area (Å²) in [5, 5.41) is 5.69. The lowest BCUT2D eigenvalue weighted by Crippen LogP contribution is -2.17. The Balaban J connectivity index is 1.36. The lowest BCUT2D eigenvalue weighted by Gasteiger charge is -2.04. The molecule has 3 aromatic carbocycles. The summed E-state index contributed by atoms with van der Waals surface area (Å²) in [7, 11) is -3.48. The fourth-order valence-corrected chi connectivity index (χ4v) is 6.14. The minimum Gasteiger partial charge on any atom is -0.302 e. The fourth-order valence-electron chi connectivity index (χ4n) is 3.91. The average molecular weight is 423 g/mol. The molecule has 0 radical (unpaired) electrons. The molecule has 1 amide bonds. The van der Waals surface area contributed by atoms with Gasteiger partial charge in [0.05, 0.1) is 20.9 Å². The van der Waals surface area contributed by atoms with Crippen LogP contribution in [-0.2, 0) is 27.5 Å². The van der Waals surface area contributed by atoms with Gasteiger partial charge in [-0.1, -0.05) is 47.7 Å². The largest absolute Gasteiger partial charge is 0.302 e. The second-order valence-corrected chi connectivity index (χ2v) is 10.3. The molecule has 1 aliphatic rings. The number of carbonyl (C=O) groups is 1. The minimum atomic E-state index is -3.48. The van der Waals surface area contributed by atoms with E-state index >= 15 is 0 Å². The second-order valence-electron chi connectivity index (χ2n) is 7.17. The zero-order valence-corrected chi connectivity index (χ0v) is 17.1. The molecule has 0 saturated heterocycles. The number of nitrogens with zero attached hydrogens (tertiary/aromatic N) is 1. The van der Waals surface area contributed by atoms with Crippen LogP contribution in [0.1, 0.15) is 17.5 Å². The van der Waals surface area contributed by atoms with Crippen LogP contribution in [-0.4, -0.2) is 25.1 Å². The molecule has 0 fully saturated rings. The van der Waals surface area contributed by atoms with Crippen molar-refractivity contribution >= 4 is 53.2 Å². The van der Waals surface area contributed by atoms with E-state index in [1.165, 1.54) is 27.8 Å². The maximum atomic E-state index is 12.4. The van der Waals surface area contributed by atoms with Crippen molar-refractivity contribution in [2.45, 2.75) is 24.2 Å². The number of anilines is 1. The predicted molar refractivity (Wildman–Crippen MR) is 116 cm³/mol. The van der Waals surface area contributed by atoms with Gasteiger partial charge in [0, 0.05) is 11.8 Å². The van der Waals surface area contributed by atoms with Gasteiger partial charge in [-0.2, -0.15) is 0 Å². The molecule has 1 aromatic heterocycles. The average Bonchev–Trinajstić information content (AvgIpc) is 3.32. The van der Waals surface area contributed by atoms with Crippen LogP contribution in [0.5, 0.6) is 0 Å². The summed E-state index contributed by atoms with van der Waals surface area (Å²) in [6, 6.07) is 16.7. The van der Waals surface area contributed by atoms with Crippen LogP contribution in [0, 0.1) is 0 Å². The van der Waals surface area contributed by atoms with E-state index in [1.807, 2.05) is 0 Å². The van der Waals surface area contributed by atoms with E-state index < -0.39 is 9.84 Å². The number of hydrogen-bond acceptors (Lipinski definition) is 5. The van der Waals surface area contributed by atoms with E-state index in [2.05, 4.69) is 34.6 Å². The van der Waals surface area contributed by atoms with Crippen LogP contribution in [0.3, 0.4) is 0 Å². The van der Waals surface area contributed by atoms with E-state index in [-0.39, 0.29) is 23.0 Å². The highest BCUT2D eigenvalue weighted by Crippen LogP contribution is 2.39. The Kier molecular flexibility index (Phi) is 4.37. The first-order valence-electron chi connectivity index (χ1n) is 9.43. The Hall–Kier alpha value is -2.77. The molecular formula is C22H18N2O3S2. The Morgan fingerprint density at radius 2 is 1.83 bits per heavy atom. The van der Waals surface area contributed by atoms with Crippen molar-refractivity contribution < 1.29 is 13.2 Å². The summed E-state index contributed by atoms with van der Waals surface area (Å²) in [5.74, 6) is -0.578. The zero-order valence-electron chi connectivity index (χ0n) is 15.5. The third kappa shape index (κ3) is 3.30. The first-order valence-corrected chi connectivity index (χ1v) is 11.9. The highest BCUT2D eigenvalue weighted by Gasteiger charge is 2.20. The Morgan fingerprint density at radius 3 is 2.66 bits per heavy atom. The maximum absolute atomic E-state index is 12.4. The van der Waals surface area contributed by atoms with Crippen molar-refractivity contribution in [2.24, 2.45) is 0 Å². The van der Waals surface area contributed by atoms with E-state index in [1.54, 1.807) is 30.3 Å². The highest BCUT2D eigenvalue weighted by atomic mass is 32.2. The lowest BCUT2D eigenvalue weighted by atomic mass is 10.0. The van der Waals surface area contributed by atoms with Crippen molar-refractivity contribution in [3.63, 3.8) is 0 Å². The molecule has 0 unspecified atom stereocenters. The van der Waals surface area contributed by atoms with Crippen molar-refractivity contribution in [1.82, 2.24) is 4.98 Å². The van der Waals surface area contributed by atoms with Gasteiger partial charge in [-0.25, -0.2) is 13.4 Å². The minimum absolute atomic E-state index is 0.108. The first kappa shape index (κ1) is 18.3. The summed E-state index contributed by atoms with van der Waals surface area (Å²) < 4.78 is 25.8. The molecule has 146 valence electrons. The molecule has 0 atom stereocenters. The summed E-state index contributed by atoms with van der Waals surface area (Å²) in [5.41, 5.74) is 3.58. The van der Waals surface area contributed by atoms with Crippen molar-refractivity contribution in [3.05, 3.63) is 65.7 Å². The number of aromatic nitrogens is 1. The molecule has 4 aromatic rings. The van der Waals surface area contributed by atoms with Gasteiger partial charge in [-0.15, -0.1) is 0 Å². The summed E-state index contributed by atoms with van der Waals surface area (Å²) in [6.45, 7) is 0. The topological polar surface area (TPSA) is 76.1 Å². The maximum Gasteiger partial charge on any atom is 0.227 e. The van der Waals surface area contributed by atoms with Crippen molar-refractivity contribution in [3.8, 4) is 0 Å². The first-order chi connectivity index (χ1) is 14.0. The van der Waals surface area contributed by atoms with Gasteiger partial charge in [0.1, 0.15) is 0 Å². The van der Waals surface area contributed by atoms with Gasteiger partial charge in [0.2, 0.25) is 5.91 Å². The van der Waals surface area contributed by atoms with Crippen LogP contribution in [0.2, 0.25) is 0 Å². The van der Waals surface area contributed by atoms with Crippen molar-refractivity contribution in [2.75, 3.05) is 11.1 Å². The monoisotopic (exact) mass is 422 g/mol. The number of carbonyl (C=O) groups excluding carboxylic acids is 1. The van der Waals surface area contributed by atoms with Gasteiger partial charge < -0.3 is 5.32 Å². The molecule has 1 N–H and O–H groups in total. The molecular weight excluding hydrogens is 404 g/mol. The number of sulfone groups is 1. The van der Waals surface area contributed by atoms with Gasteiger partial charge >= 0.3 is 0 Å². The lowest BCUT2D eigenvalue weighted by molar-refractivity contribution is -0.115. The van der Waals surface area contributed by atoms with Gasteiger partial charge in [-0.05, 0) is 47.6 Å². The standard InChI is InChI=1S/C22H18N2O3S2/c25-19(11-12-29(26,27)16-6-2-1-3-7-16)23-22-24-21-17-8-4-5-14-9-10-15(20(14)17)13-18(21)28-22/h1-8,13H,9-12H2,(H,23,24,25). The van der Waals surface area contributed by atoms with Crippen LogP contribution >= 0.6 is 11.3 Å². The molecule has 5 nitrogen and oxygen atoms in total. The number of hydrogen-bond donors (Lipinski definition) is 1. The number of nitrogens with one attached hydrogen (secondary N) is 1. The molecule has 5 rings (SSSR count). The Bertz CT molecular complexity index is 1360. The zero-order chi connectivity index (χ0) is 20.0. The Morgan fingerprint density at radius 1 is 1.03 bits per heavy atom. The summed E-state index contributed by atoms with van der Waals surface area (Å²) in [4.78, 5) is 17.2. The fraction of sp³-hybridized carbons (Fsp3) is 0.182. The number of aryl methyl sites for hydroxylation is 2. The van der Waals surface area contributed by atoms with Crippen LogP contribution in [0.25, 0.3) is 21.0 Å². The van der Waals surface area contributed by atoms with Crippen LogP contribution < -0.4 is 5.32 Å². The van der Waals surface area contributed by atoms with Crippen LogP contribution in [0.4, 0.5) is 5.13 Å². The SMILES string of the molecule is O=C(CCS(=O)(=O)c1ccccc1)Nc1nc2c(cc3c4c(cccc42)CC3)s1. The molecule has 1 aliphatic carbocycles. The number of fused-ring (bicyclic) bond motifs is 2. The molecule has 0 aliphatic heterocycles. The molecule has 0 spiro atoms. The smallest absolute Gasteiger partial charge is 0.227 e. The van der Waals surface area contributed by atoms with Crippen LogP contribution in [0.15, 0.2) is 59.5 Å². The van der Waals surface area contributed by atoms with E-state index in [0.29, 0.717) is 5.13 Å². The number of thiazole rings is 1. The quantitative estimate of drug-likeness (QED) is 0.519. The molecule has 0 saturated carbocycles. The summed E-state index contributed by atoms with van der Waals surface area (Å²) in [6.07, 6.45) is 1.98. The van der Waals surface area contributed by atoms with Gasteiger partial charge in [0.25, 0.3) is 0 Å². The third-order valence-corrected chi connectivity index (χ3v) is 7.95. The number of benzene rings is 3. The van der Waals surface area contributed by atoms with E-state index in [9.17, 15) is 13.2 Å². The molecule has 29 heavy (non-hydrogen) atoms. The summed E-state index contributed by atoms with van der Waals surface area (Å²) >= 11 is 1.43. The number of rotatable bonds is 5. The Labute approximate surface area is 172 Å². The van der Waals surface area contributed by atoms with Gasteiger partial charge in [-0.3, -0.25) is 4.79 Å².